The van der Waals surface area contributed by atoms with E-state index in [9.17, 15) is 4.79 Å². The molecule has 0 aromatic carbocycles. The molecule has 0 radical (unpaired) electrons. The van der Waals surface area contributed by atoms with E-state index in [0.29, 0.717) is 23.9 Å². The highest BCUT2D eigenvalue weighted by Crippen LogP contribution is 2.40. The average molecular weight is 665 g/mol. The molecule has 0 spiro atoms. The number of aliphatic hydroxyl groups excluding tert-OH is 1. The van der Waals surface area contributed by atoms with E-state index >= 15 is 0 Å². The standard InChI is InChI=1S/C18H25N5O2.C16H23N5.ClH/c1-22(18-15-4-6-19-17(15)20-11-21-18)14-3-2-13-9-23(16(25)10-24)7-5-12(13)8-14;1-21(16-14-5-7-18-15(14)19-10-20-16)13-3-2-12-9-17-6-4-11(12)8-13;/h4,6,11-14,24H,2-3,5,7-10H2,1H3,(H,19,20,21);5,7,10-13,17H,2-4,6,8-9H2,1H3,(H,18,19,20);1H/t12-,13-,14?;11-,12-,13?;/m00./s1. The van der Waals surface area contributed by atoms with Gasteiger partial charge in [-0.05, 0) is 100 Å². The highest BCUT2D eigenvalue weighted by Gasteiger charge is 2.38. The topological polar surface area (TPSA) is 142 Å². The van der Waals surface area contributed by atoms with E-state index in [1.54, 1.807) is 12.7 Å². The lowest BCUT2D eigenvalue weighted by Gasteiger charge is -2.45. The van der Waals surface area contributed by atoms with Crippen LogP contribution in [-0.2, 0) is 4.79 Å². The first-order valence-corrected chi connectivity index (χ1v) is 17.1. The van der Waals surface area contributed by atoms with Gasteiger partial charge in [-0.2, -0.15) is 0 Å². The van der Waals surface area contributed by atoms with Gasteiger partial charge in [0.25, 0.3) is 0 Å². The van der Waals surface area contributed by atoms with Crippen LogP contribution >= 0.6 is 12.4 Å². The smallest absolute Gasteiger partial charge is 0.248 e. The lowest BCUT2D eigenvalue weighted by atomic mass is 9.72. The number of carbonyl (C=O) groups excluding carboxylic acids is 1. The van der Waals surface area contributed by atoms with E-state index in [2.05, 4.69) is 65.2 Å². The molecule has 4 aromatic heterocycles. The molecule has 13 heteroatoms. The molecule has 4 fully saturated rings. The van der Waals surface area contributed by atoms with Gasteiger partial charge in [0.1, 0.15) is 42.2 Å². The minimum absolute atomic E-state index is 0. The molecule has 2 aliphatic carbocycles. The number of piperidine rings is 2. The Kier molecular flexibility index (Phi) is 10.5. The number of aliphatic hydroxyl groups is 1. The van der Waals surface area contributed by atoms with Crippen molar-refractivity contribution in [1.29, 1.82) is 0 Å². The summed E-state index contributed by atoms with van der Waals surface area (Å²) in [5, 5.41) is 14.8. The maximum atomic E-state index is 11.7. The van der Waals surface area contributed by atoms with Crippen LogP contribution in [0.1, 0.15) is 51.4 Å². The van der Waals surface area contributed by atoms with Crippen molar-refractivity contribution >= 4 is 52.0 Å². The zero-order valence-electron chi connectivity index (χ0n) is 27.5. The minimum Gasteiger partial charge on any atom is -0.387 e. The number of H-pyrrole nitrogens is 2. The number of nitrogens with zero attached hydrogens (tertiary/aromatic N) is 7. The van der Waals surface area contributed by atoms with Gasteiger partial charge in [-0.3, -0.25) is 4.79 Å². The Balaban J connectivity index is 0.000000163. The van der Waals surface area contributed by atoms with Gasteiger partial charge in [-0.15, -0.1) is 12.4 Å². The van der Waals surface area contributed by atoms with Gasteiger partial charge in [0.15, 0.2) is 0 Å². The second kappa shape index (κ2) is 14.7. The normalized spacial score (nSPS) is 27.2. The summed E-state index contributed by atoms with van der Waals surface area (Å²) >= 11 is 0. The average Bonchev–Trinajstić information content (AvgIpc) is 3.80. The highest BCUT2D eigenvalue weighted by atomic mass is 35.5. The highest BCUT2D eigenvalue weighted by molar-refractivity contribution is 5.88. The number of likely N-dealkylation sites (tertiary alicyclic amines) is 1. The number of aromatic amines is 2. The van der Waals surface area contributed by atoms with Gasteiger partial charge < -0.3 is 35.1 Å². The fourth-order valence-corrected chi connectivity index (χ4v) is 8.75. The first-order valence-electron chi connectivity index (χ1n) is 17.1. The van der Waals surface area contributed by atoms with Gasteiger partial charge in [0, 0.05) is 51.7 Å². The number of hydrogen-bond acceptors (Lipinski definition) is 9. The van der Waals surface area contributed by atoms with Crippen molar-refractivity contribution in [3.63, 3.8) is 0 Å². The third-order valence-electron chi connectivity index (χ3n) is 11.5. The number of carbonyl (C=O) groups is 1. The summed E-state index contributed by atoms with van der Waals surface area (Å²) < 4.78 is 0. The predicted octanol–water partition coefficient (Wildman–Crippen LogP) is 4.00. The second-order valence-corrected chi connectivity index (χ2v) is 13.8. The van der Waals surface area contributed by atoms with E-state index < -0.39 is 0 Å². The fraction of sp³-hybridized carbons (Fsp3) is 0.618. The summed E-state index contributed by atoms with van der Waals surface area (Å²) in [6.07, 6.45) is 16.8. The molecule has 254 valence electrons. The molecule has 2 saturated heterocycles. The van der Waals surface area contributed by atoms with Crippen LogP contribution in [0.3, 0.4) is 0 Å². The molecule has 4 aliphatic rings. The zero-order chi connectivity index (χ0) is 31.6. The summed E-state index contributed by atoms with van der Waals surface area (Å²) in [5.74, 6) is 4.91. The number of fused-ring (bicyclic) bond motifs is 4. The van der Waals surface area contributed by atoms with E-state index in [4.69, 9.17) is 5.11 Å². The Labute approximate surface area is 282 Å². The number of aromatic nitrogens is 6. The number of amides is 1. The number of hydrogen-bond donors (Lipinski definition) is 4. The van der Waals surface area contributed by atoms with Gasteiger partial charge >= 0.3 is 0 Å². The Morgan fingerprint density at radius 2 is 1.38 bits per heavy atom. The van der Waals surface area contributed by atoms with Crippen molar-refractivity contribution in [2.24, 2.45) is 23.7 Å². The summed E-state index contributed by atoms with van der Waals surface area (Å²) in [6.45, 7) is 3.61. The largest absolute Gasteiger partial charge is 0.387 e. The lowest BCUT2D eigenvalue weighted by molar-refractivity contribution is -0.137. The number of anilines is 2. The molecular formula is C34H49ClN10O2. The van der Waals surface area contributed by atoms with Crippen molar-refractivity contribution in [1.82, 2.24) is 40.1 Å². The van der Waals surface area contributed by atoms with Gasteiger partial charge in [-0.1, -0.05) is 0 Å². The van der Waals surface area contributed by atoms with Crippen molar-refractivity contribution in [2.45, 2.75) is 63.5 Å². The van der Waals surface area contributed by atoms with E-state index in [1.165, 1.54) is 38.8 Å². The molecule has 2 aliphatic heterocycles. The summed E-state index contributed by atoms with van der Waals surface area (Å²) in [7, 11) is 4.32. The molecule has 1 amide bonds. The first kappa shape index (κ1) is 33.4. The summed E-state index contributed by atoms with van der Waals surface area (Å²) in [4.78, 5) is 42.2. The van der Waals surface area contributed by atoms with E-state index in [-0.39, 0.29) is 24.9 Å². The Morgan fingerprint density at radius 3 is 1.98 bits per heavy atom. The quantitative estimate of drug-likeness (QED) is 0.249. The van der Waals surface area contributed by atoms with Crippen molar-refractivity contribution in [3.8, 4) is 0 Å². The molecule has 12 nitrogen and oxygen atoms in total. The second-order valence-electron chi connectivity index (χ2n) is 13.8. The van der Waals surface area contributed by atoms with Crippen molar-refractivity contribution in [3.05, 3.63) is 37.2 Å². The molecule has 6 atom stereocenters. The molecule has 2 saturated carbocycles. The van der Waals surface area contributed by atoms with Crippen molar-refractivity contribution in [2.75, 3.05) is 56.7 Å². The van der Waals surface area contributed by atoms with Crippen molar-refractivity contribution < 1.29 is 9.90 Å². The zero-order valence-corrected chi connectivity index (χ0v) is 28.3. The maximum absolute atomic E-state index is 11.7. The van der Waals surface area contributed by atoms with Crippen LogP contribution in [0.25, 0.3) is 22.1 Å². The Morgan fingerprint density at radius 1 is 0.809 bits per heavy atom. The Hall–Kier alpha value is -3.48. The minimum atomic E-state index is -0.372. The number of halogens is 1. The summed E-state index contributed by atoms with van der Waals surface area (Å²) in [5.41, 5.74) is 1.81. The molecule has 4 aromatic rings. The monoisotopic (exact) mass is 664 g/mol. The lowest BCUT2D eigenvalue weighted by Crippen LogP contribution is -2.49. The first-order chi connectivity index (χ1) is 22.5. The van der Waals surface area contributed by atoms with Crippen LogP contribution in [0.15, 0.2) is 37.2 Å². The Bertz CT molecular complexity index is 1630. The number of rotatable bonds is 5. The van der Waals surface area contributed by atoms with Crippen LogP contribution in [-0.4, -0.2) is 105 Å². The third kappa shape index (κ3) is 6.91. The predicted molar refractivity (Wildman–Crippen MR) is 187 cm³/mol. The van der Waals surface area contributed by atoms with Crippen LogP contribution in [0.2, 0.25) is 0 Å². The SMILES string of the molecule is CN(c1ncnc2[nH]ccc12)C1CC[C@H]2CN(C(=O)CO)CC[C@H]2C1.CN(c1ncnc2[nH]ccc12)C1CC[C@H]2CNCC[C@H]2C1.Cl. The van der Waals surface area contributed by atoms with Crippen LogP contribution in [0.4, 0.5) is 11.6 Å². The third-order valence-corrected chi connectivity index (χ3v) is 11.5. The summed E-state index contributed by atoms with van der Waals surface area (Å²) in [6, 6.07) is 5.19. The van der Waals surface area contributed by atoms with Gasteiger partial charge in [0.05, 0.1) is 10.8 Å². The van der Waals surface area contributed by atoms with Crippen LogP contribution in [0, 0.1) is 23.7 Å². The molecule has 8 rings (SSSR count). The van der Waals surface area contributed by atoms with Crippen LogP contribution < -0.4 is 15.1 Å². The molecule has 4 N–H and O–H groups in total. The van der Waals surface area contributed by atoms with Gasteiger partial charge in [0.2, 0.25) is 5.91 Å². The maximum Gasteiger partial charge on any atom is 0.248 e. The molecule has 0 bridgehead atoms. The molecule has 2 unspecified atom stereocenters. The molecule has 6 heterocycles. The molecular weight excluding hydrogens is 616 g/mol. The fourth-order valence-electron chi connectivity index (χ4n) is 8.75. The van der Waals surface area contributed by atoms with Crippen LogP contribution in [0.5, 0.6) is 0 Å². The molecule has 47 heavy (non-hydrogen) atoms. The number of nitrogens with one attached hydrogen (secondary N) is 3. The van der Waals surface area contributed by atoms with Gasteiger partial charge in [-0.25, -0.2) is 19.9 Å². The van der Waals surface area contributed by atoms with E-state index in [0.717, 1.165) is 84.3 Å². The van der Waals surface area contributed by atoms with E-state index in [1.807, 2.05) is 23.4 Å².